The zero-order valence-corrected chi connectivity index (χ0v) is 11.1. The quantitative estimate of drug-likeness (QED) is 0.748. The van der Waals surface area contributed by atoms with Crippen LogP contribution < -0.4 is 0 Å². The summed E-state index contributed by atoms with van der Waals surface area (Å²) in [6.07, 6.45) is 4.50. The third-order valence-electron chi connectivity index (χ3n) is 2.63. The molecule has 1 N–H and O–H groups in total. The van der Waals surface area contributed by atoms with Gasteiger partial charge in [-0.1, -0.05) is 61.5 Å². The summed E-state index contributed by atoms with van der Waals surface area (Å²) in [4.78, 5) is 0. The first-order valence-electron chi connectivity index (χ1n) is 5.76. The maximum atomic E-state index is 9.84. The average Bonchev–Trinajstić information content (AvgIpc) is 2.25. The van der Waals surface area contributed by atoms with E-state index in [0.29, 0.717) is 16.5 Å². The molecular formula is C13H18Cl2O. The molecule has 0 bridgehead atoms. The molecule has 1 rings (SSSR count). The van der Waals surface area contributed by atoms with Crippen molar-refractivity contribution < 1.29 is 5.11 Å². The molecule has 1 atom stereocenters. The predicted octanol–water partition coefficient (Wildman–Crippen LogP) is 4.48. The molecule has 0 saturated carbocycles. The summed E-state index contributed by atoms with van der Waals surface area (Å²) in [5.74, 6) is 0. The Bertz CT molecular complexity index is 326. The van der Waals surface area contributed by atoms with Crippen LogP contribution in [0.4, 0.5) is 0 Å². The summed E-state index contributed by atoms with van der Waals surface area (Å²) in [5.41, 5.74) is 0.929. The van der Waals surface area contributed by atoms with Gasteiger partial charge in [0.1, 0.15) is 0 Å². The maximum Gasteiger partial charge on any atom is 0.0625 e. The number of hydrogen-bond donors (Lipinski definition) is 1. The summed E-state index contributed by atoms with van der Waals surface area (Å²) < 4.78 is 0. The second-order valence-electron chi connectivity index (χ2n) is 4.07. The van der Waals surface area contributed by atoms with Crippen LogP contribution in [0.25, 0.3) is 0 Å². The van der Waals surface area contributed by atoms with Crippen molar-refractivity contribution in [2.75, 3.05) is 0 Å². The molecule has 3 heteroatoms. The lowest BCUT2D eigenvalue weighted by Crippen LogP contribution is -2.10. The molecule has 0 aliphatic rings. The van der Waals surface area contributed by atoms with Gasteiger partial charge in [-0.15, -0.1) is 0 Å². The van der Waals surface area contributed by atoms with E-state index in [2.05, 4.69) is 6.92 Å². The topological polar surface area (TPSA) is 20.2 Å². The maximum absolute atomic E-state index is 9.84. The number of aliphatic hydroxyl groups is 1. The van der Waals surface area contributed by atoms with Gasteiger partial charge in [0.25, 0.3) is 0 Å². The van der Waals surface area contributed by atoms with Crippen LogP contribution in [0.15, 0.2) is 18.2 Å². The van der Waals surface area contributed by atoms with E-state index < -0.39 is 0 Å². The zero-order valence-electron chi connectivity index (χ0n) is 9.55. The molecule has 0 heterocycles. The molecule has 0 aliphatic carbocycles. The number of benzene rings is 1. The van der Waals surface area contributed by atoms with Crippen LogP contribution in [-0.4, -0.2) is 11.2 Å². The van der Waals surface area contributed by atoms with E-state index in [1.165, 1.54) is 12.8 Å². The van der Waals surface area contributed by atoms with Crippen molar-refractivity contribution in [1.29, 1.82) is 0 Å². The van der Waals surface area contributed by atoms with Crippen LogP contribution in [0, 0.1) is 0 Å². The molecule has 1 nitrogen and oxygen atoms in total. The van der Waals surface area contributed by atoms with Gasteiger partial charge in [0.05, 0.1) is 16.1 Å². The molecule has 1 unspecified atom stereocenters. The van der Waals surface area contributed by atoms with Crippen LogP contribution in [0.1, 0.15) is 38.2 Å². The van der Waals surface area contributed by atoms with Crippen molar-refractivity contribution in [3.8, 4) is 0 Å². The molecule has 0 amide bonds. The molecule has 0 fully saturated rings. The highest BCUT2D eigenvalue weighted by atomic mass is 35.5. The Kier molecular flexibility index (Phi) is 6.18. The smallest absolute Gasteiger partial charge is 0.0625 e. The summed E-state index contributed by atoms with van der Waals surface area (Å²) in [6.45, 7) is 2.15. The molecule has 0 aromatic heterocycles. The molecule has 1 aromatic carbocycles. The van der Waals surface area contributed by atoms with Crippen molar-refractivity contribution in [1.82, 2.24) is 0 Å². The Hall–Kier alpha value is -0.240. The highest BCUT2D eigenvalue weighted by Crippen LogP contribution is 2.26. The van der Waals surface area contributed by atoms with Gasteiger partial charge in [-0.25, -0.2) is 0 Å². The highest BCUT2D eigenvalue weighted by molar-refractivity contribution is 6.42. The van der Waals surface area contributed by atoms with Gasteiger partial charge < -0.3 is 5.11 Å². The molecule has 90 valence electrons. The van der Waals surface area contributed by atoms with Crippen LogP contribution in [0.3, 0.4) is 0 Å². The zero-order chi connectivity index (χ0) is 12.0. The van der Waals surface area contributed by atoms with Crippen molar-refractivity contribution >= 4 is 23.2 Å². The van der Waals surface area contributed by atoms with Gasteiger partial charge in [0.2, 0.25) is 0 Å². The number of hydrogen-bond acceptors (Lipinski definition) is 1. The minimum absolute atomic E-state index is 0.317. The molecule has 1 aromatic rings. The Balaban J connectivity index is 2.49. The minimum Gasteiger partial charge on any atom is -0.393 e. The SMILES string of the molecule is CCCCCC(O)Cc1cccc(Cl)c1Cl. The fraction of sp³-hybridized carbons (Fsp3) is 0.538. The van der Waals surface area contributed by atoms with Crippen LogP contribution >= 0.6 is 23.2 Å². The molecule has 0 aliphatic heterocycles. The lowest BCUT2D eigenvalue weighted by atomic mass is 10.0. The van der Waals surface area contributed by atoms with Gasteiger partial charge in [0.15, 0.2) is 0 Å². The van der Waals surface area contributed by atoms with Gasteiger partial charge >= 0.3 is 0 Å². The van der Waals surface area contributed by atoms with E-state index in [-0.39, 0.29) is 6.10 Å². The molecule has 0 spiro atoms. The van der Waals surface area contributed by atoms with E-state index >= 15 is 0 Å². The van der Waals surface area contributed by atoms with Gasteiger partial charge in [-0.2, -0.15) is 0 Å². The van der Waals surface area contributed by atoms with Crippen molar-refractivity contribution in [2.24, 2.45) is 0 Å². The first-order valence-corrected chi connectivity index (χ1v) is 6.51. The molecule has 0 radical (unpaired) electrons. The van der Waals surface area contributed by atoms with Crippen LogP contribution in [0.2, 0.25) is 10.0 Å². The van der Waals surface area contributed by atoms with E-state index in [9.17, 15) is 5.11 Å². The van der Waals surface area contributed by atoms with Crippen molar-refractivity contribution in [3.05, 3.63) is 33.8 Å². The largest absolute Gasteiger partial charge is 0.393 e. The normalized spacial score (nSPS) is 12.8. The third-order valence-corrected chi connectivity index (χ3v) is 3.49. The van der Waals surface area contributed by atoms with Crippen LogP contribution in [-0.2, 0) is 6.42 Å². The lowest BCUT2D eigenvalue weighted by Gasteiger charge is -2.12. The summed E-state index contributed by atoms with van der Waals surface area (Å²) in [5, 5.41) is 11.0. The number of halogens is 2. The molecule has 0 saturated heterocycles. The monoisotopic (exact) mass is 260 g/mol. The first kappa shape index (κ1) is 13.8. The van der Waals surface area contributed by atoms with E-state index in [1.807, 2.05) is 12.1 Å². The lowest BCUT2D eigenvalue weighted by molar-refractivity contribution is 0.161. The Morgan fingerprint density at radius 1 is 1.25 bits per heavy atom. The Morgan fingerprint density at radius 3 is 2.69 bits per heavy atom. The van der Waals surface area contributed by atoms with Crippen LogP contribution in [0.5, 0.6) is 0 Å². The van der Waals surface area contributed by atoms with Gasteiger partial charge in [-0.3, -0.25) is 0 Å². The van der Waals surface area contributed by atoms with E-state index in [1.54, 1.807) is 6.07 Å². The summed E-state index contributed by atoms with van der Waals surface area (Å²) >= 11 is 12.0. The molecular weight excluding hydrogens is 243 g/mol. The first-order chi connectivity index (χ1) is 7.65. The Labute approximate surface area is 107 Å². The molecule has 16 heavy (non-hydrogen) atoms. The summed E-state index contributed by atoms with van der Waals surface area (Å²) in [7, 11) is 0. The van der Waals surface area contributed by atoms with Gasteiger partial charge in [-0.05, 0) is 24.5 Å². The second kappa shape index (κ2) is 7.16. The highest BCUT2D eigenvalue weighted by Gasteiger charge is 2.09. The average molecular weight is 261 g/mol. The second-order valence-corrected chi connectivity index (χ2v) is 4.85. The fourth-order valence-corrected chi connectivity index (χ4v) is 2.09. The minimum atomic E-state index is -0.317. The fourth-order valence-electron chi connectivity index (χ4n) is 1.69. The number of rotatable bonds is 6. The summed E-state index contributed by atoms with van der Waals surface area (Å²) in [6, 6.07) is 5.54. The van der Waals surface area contributed by atoms with Crippen molar-refractivity contribution in [2.45, 2.75) is 45.1 Å². The standard InChI is InChI=1S/C13H18Cl2O/c1-2-3-4-7-11(16)9-10-6-5-8-12(14)13(10)15/h5-6,8,11,16H,2-4,7,9H2,1H3. The van der Waals surface area contributed by atoms with Gasteiger partial charge in [0, 0.05) is 0 Å². The number of unbranched alkanes of at least 4 members (excludes halogenated alkanes) is 2. The number of aliphatic hydroxyl groups excluding tert-OH is 1. The third kappa shape index (κ3) is 4.32. The predicted molar refractivity (Wildman–Crippen MR) is 70.3 cm³/mol. The van der Waals surface area contributed by atoms with E-state index in [4.69, 9.17) is 23.2 Å². The van der Waals surface area contributed by atoms with Crippen molar-refractivity contribution in [3.63, 3.8) is 0 Å². The van der Waals surface area contributed by atoms with E-state index in [0.717, 1.165) is 18.4 Å². The Morgan fingerprint density at radius 2 is 2.00 bits per heavy atom.